The van der Waals surface area contributed by atoms with Crippen molar-refractivity contribution in [1.29, 1.82) is 0 Å². The molecule has 2 amide bonds. The van der Waals surface area contributed by atoms with Crippen molar-refractivity contribution in [2.24, 2.45) is 4.99 Å². The Labute approximate surface area is 201 Å². The number of aliphatic imine (C=N–C) groups is 1. The Balaban J connectivity index is 1.81. The van der Waals surface area contributed by atoms with Gasteiger partial charge in [0.25, 0.3) is 5.69 Å². The summed E-state index contributed by atoms with van der Waals surface area (Å²) in [6.07, 6.45) is 0. The zero-order chi connectivity index (χ0) is 24.8. The van der Waals surface area contributed by atoms with Gasteiger partial charge in [-0.15, -0.1) is 0 Å². The van der Waals surface area contributed by atoms with Crippen LogP contribution in [0.3, 0.4) is 0 Å². The molecule has 0 spiro atoms. The Morgan fingerprint density at radius 3 is 2.21 bits per heavy atom. The number of benzene rings is 3. The van der Waals surface area contributed by atoms with Gasteiger partial charge in [0, 0.05) is 17.8 Å². The third-order valence-corrected chi connectivity index (χ3v) is 4.74. The summed E-state index contributed by atoms with van der Waals surface area (Å²) >= 11 is 12.4. The topological polar surface area (TPSA) is 103 Å². The minimum Gasteiger partial charge on any atom is -0.477 e. The summed E-state index contributed by atoms with van der Waals surface area (Å²) in [5, 5.41) is 13.2. The van der Waals surface area contributed by atoms with E-state index < -0.39 is 34.1 Å². The van der Waals surface area contributed by atoms with Crippen LogP contribution in [0.1, 0.15) is 12.5 Å². The van der Waals surface area contributed by atoms with Crippen molar-refractivity contribution in [1.82, 2.24) is 0 Å². The van der Waals surface area contributed by atoms with Crippen LogP contribution in [0.4, 0.5) is 25.0 Å². The number of anilines is 1. The van der Waals surface area contributed by atoms with Crippen LogP contribution in [0.15, 0.2) is 59.6 Å². The van der Waals surface area contributed by atoms with Crippen molar-refractivity contribution in [3.05, 3.63) is 92.0 Å². The van der Waals surface area contributed by atoms with Gasteiger partial charge in [-0.1, -0.05) is 29.3 Å². The first-order valence-corrected chi connectivity index (χ1v) is 10.3. The zero-order valence-electron chi connectivity index (χ0n) is 17.4. The van der Waals surface area contributed by atoms with Gasteiger partial charge in [-0.3, -0.25) is 10.1 Å². The number of halogens is 4. The predicted molar refractivity (Wildman–Crippen MR) is 123 cm³/mol. The normalized spacial score (nSPS) is 11.1. The Kier molecular flexibility index (Phi) is 7.98. The van der Waals surface area contributed by atoms with E-state index in [0.29, 0.717) is 0 Å². The number of hydrogen-bond donors (Lipinski definition) is 1. The van der Waals surface area contributed by atoms with Gasteiger partial charge in [-0.05, 0) is 43.3 Å². The molecule has 0 fully saturated rings. The van der Waals surface area contributed by atoms with Crippen molar-refractivity contribution >= 4 is 46.5 Å². The maximum Gasteiger partial charge on any atom is 0.348 e. The van der Waals surface area contributed by atoms with Gasteiger partial charge in [0.2, 0.25) is 5.90 Å². The van der Waals surface area contributed by atoms with Gasteiger partial charge >= 0.3 is 6.03 Å². The Morgan fingerprint density at radius 1 is 1.09 bits per heavy atom. The number of carbonyl (C=O) groups excluding carboxylic acids is 1. The number of nitrogens with one attached hydrogen (secondary N) is 1. The number of rotatable bonds is 6. The van der Waals surface area contributed by atoms with Gasteiger partial charge in [0.15, 0.2) is 5.75 Å². The standard InChI is InChI=1S/C22H15Cl2F2N3O5/c1-2-33-21(19-17(25)4-3-5-18(19)26)28-22(30)27-12-10-15(23)20(16(24)11-12)34-14-8-6-13(7-9-14)29(31)32/h3-11H,2H2,1H3,(H,27,30)/b28-21-. The summed E-state index contributed by atoms with van der Waals surface area (Å²) < 4.78 is 38.9. The number of nitro groups is 1. The molecule has 0 aromatic heterocycles. The fraction of sp³-hybridized carbons (Fsp3) is 0.0909. The minimum absolute atomic E-state index is 0.00617. The van der Waals surface area contributed by atoms with Crippen LogP contribution in [0.5, 0.6) is 11.5 Å². The molecule has 0 aliphatic heterocycles. The summed E-state index contributed by atoms with van der Waals surface area (Å²) in [4.78, 5) is 26.2. The molecule has 1 N–H and O–H groups in total. The molecular weight excluding hydrogens is 495 g/mol. The van der Waals surface area contributed by atoms with Crippen molar-refractivity contribution in [3.8, 4) is 11.5 Å². The number of non-ortho nitro benzene ring substituents is 1. The highest BCUT2D eigenvalue weighted by Gasteiger charge is 2.19. The van der Waals surface area contributed by atoms with Crippen molar-refractivity contribution < 1.29 is 28.0 Å². The molecule has 0 heterocycles. The minimum atomic E-state index is -0.998. The molecule has 0 saturated carbocycles. The van der Waals surface area contributed by atoms with E-state index in [4.69, 9.17) is 32.7 Å². The number of amides is 2. The number of urea groups is 1. The molecule has 12 heteroatoms. The van der Waals surface area contributed by atoms with Gasteiger partial charge in [-0.2, -0.15) is 4.99 Å². The highest BCUT2D eigenvalue weighted by atomic mass is 35.5. The highest BCUT2D eigenvalue weighted by Crippen LogP contribution is 2.39. The fourth-order valence-electron chi connectivity index (χ4n) is 2.73. The lowest BCUT2D eigenvalue weighted by molar-refractivity contribution is -0.384. The van der Waals surface area contributed by atoms with E-state index in [2.05, 4.69) is 10.3 Å². The van der Waals surface area contributed by atoms with Gasteiger partial charge in [-0.25, -0.2) is 13.6 Å². The largest absolute Gasteiger partial charge is 0.477 e. The van der Waals surface area contributed by atoms with Crippen LogP contribution < -0.4 is 10.1 Å². The molecule has 0 aliphatic carbocycles. The van der Waals surface area contributed by atoms with E-state index in [1.54, 1.807) is 6.92 Å². The van der Waals surface area contributed by atoms with Gasteiger partial charge < -0.3 is 14.8 Å². The average molecular weight is 510 g/mol. The second-order valence-corrected chi connectivity index (χ2v) is 7.31. The molecule has 0 aliphatic rings. The summed E-state index contributed by atoms with van der Waals surface area (Å²) in [7, 11) is 0. The lowest BCUT2D eigenvalue weighted by Gasteiger charge is -2.12. The molecule has 0 unspecified atom stereocenters. The number of carbonyl (C=O) groups is 1. The lowest BCUT2D eigenvalue weighted by Crippen LogP contribution is -2.16. The smallest absolute Gasteiger partial charge is 0.348 e. The molecule has 8 nitrogen and oxygen atoms in total. The first-order chi connectivity index (χ1) is 16.2. The summed E-state index contributed by atoms with van der Waals surface area (Å²) in [6, 6.07) is 10.0. The molecule has 0 atom stereocenters. The van der Waals surface area contributed by atoms with Gasteiger partial charge in [0.05, 0.1) is 21.6 Å². The molecular formula is C22H15Cl2F2N3O5. The number of hydrogen-bond acceptors (Lipinski definition) is 5. The molecule has 0 radical (unpaired) electrons. The maximum atomic E-state index is 14.1. The average Bonchev–Trinajstić information content (AvgIpc) is 2.76. The van der Waals surface area contributed by atoms with Crippen LogP contribution in [0.25, 0.3) is 0 Å². The van der Waals surface area contributed by atoms with Crippen LogP contribution >= 0.6 is 23.2 Å². The van der Waals surface area contributed by atoms with E-state index in [-0.39, 0.29) is 39.5 Å². The molecule has 3 aromatic carbocycles. The second kappa shape index (κ2) is 10.9. The maximum absolute atomic E-state index is 14.1. The Hall–Kier alpha value is -3.76. The van der Waals surface area contributed by atoms with Gasteiger partial charge in [0.1, 0.15) is 22.9 Å². The van der Waals surface area contributed by atoms with E-state index in [0.717, 1.165) is 12.1 Å². The second-order valence-electron chi connectivity index (χ2n) is 6.50. The molecule has 3 aromatic rings. The Bertz CT molecular complexity index is 1230. The summed E-state index contributed by atoms with van der Waals surface area (Å²) in [6.45, 7) is 1.57. The third-order valence-electron chi connectivity index (χ3n) is 4.18. The number of nitrogens with zero attached hydrogens (tertiary/aromatic N) is 2. The van der Waals surface area contributed by atoms with E-state index in [1.807, 2.05) is 0 Å². The lowest BCUT2D eigenvalue weighted by atomic mass is 10.2. The fourth-order valence-corrected chi connectivity index (χ4v) is 3.29. The SMILES string of the molecule is CCO/C(=N\C(=O)Nc1cc(Cl)c(Oc2ccc([N+](=O)[O-])cc2)c(Cl)c1)c1c(F)cccc1F. The third kappa shape index (κ3) is 5.97. The molecule has 176 valence electrons. The highest BCUT2D eigenvalue weighted by molar-refractivity contribution is 6.37. The molecule has 3 rings (SSSR count). The summed E-state index contributed by atoms with van der Waals surface area (Å²) in [5.41, 5.74) is -0.586. The van der Waals surface area contributed by atoms with Crippen LogP contribution in [-0.2, 0) is 4.74 Å². The number of ether oxygens (including phenoxy) is 2. The van der Waals surface area contributed by atoms with Crippen LogP contribution in [-0.4, -0.2) is 23.5 Å². The number of nitro benzene ring substituents is 1. The zero-order valence-corrected chi connectivity index (χ0v) is 18.9. The van der Waals surface area contributed by atoms with E-state index in [9.17, 15) is 23.7 Å². The molecule has 0 bridgehead atoms. The Morgan fingerprint density at radius 2 is 1.68 bits per heavy atom. The first-order valence-electron chi connectivity index (χ1n) is 9.57. The quantitative estimate of drug-likeness (QED) is 0.167. The van der Waals surface area contributed by atoms with Crippen LogP contribution in [0.2, 0.25) is 10.0 Å². The predicted octanol–water partition coefficient (Wildman–Crippen LogP) is 6.99. The molecule has 34 heavy (non-hydrogen) atoms. The van der Waals surface area contributed by atoms with Crippen molar-refractivity contribution in [3.63, 3.8) is 0 Å². The van der Waals surface area contributed by atoms with E-state index >= 15 is 0 Å². The van der Waals surface area contributed by atoms with Crippen molar-refractivity contribution in [2.45, 2.75) is 6.92 Å². The first kappa shape index (κ1) is 24.9. The van der Waals surface area contributed by atoms with Crippen molar-refractivity contribution in [2.75, 3.05) is 11.9 Å². The molecule has 0 saturated heterocycles. The van der Waals surface area contributed by atoms with E-state index in [1.165, 1.54) is 42.5 Å². The summed E-state index contributed by atoms with van der Waals surface area (Å²) in [5.74, 6) is -2.14. The monoisotopic (exact) mass is 509 g/mol. The van der Waals surface area contributed by atoms with Crippen LogP contribution in [0, 0.1) is 21.7 Å².